The van der Waals surface area contributed by atoms with Gasteiger partial charge in [-0.3, -0.25) is 4.79 Å². The molecule has 8 nitrogen and oxygen atoms in total. The molecule has 2 fully saturated rings. The molecule has 2 aliphatic heterocycles. The van der Waals surface area contributed by atoms with Crippen molar-refractivity contribution in [1.29, 1.82) is 0 Å². The maximum absolute atomic E-state index is 12.4. The van der Waals surface area contributed by atoms with Gasteiger partial charge in [-0.25, -0.2) is 0 Å². The molecule has 1 amide bonds. The summed E-state index contributed by atoms with van der Waals surface area (Å²) in [5.74, 6) is 1.07. The molecule has 1 spiro atoms. The van der Waals surface area contributed by atoms with Gasteiger partial charge in [0.25, 0.3) is 0 Å². The third-order valence-corrected chi connectivity index (χ3v) is 5.03. The molecule has 0 aliphatic carbocycles. The summed E-state index contributed by atoms with van der Waals surface area (Å²) < 4.78 is 27.4. The van der Waals surface area contributed by atoms with Crippen molar-refractivity contribution in [2.75, 3.05) is 59.5 Å². The minimum absolute atomic E-state index is 0.0575. The number of methoxy groups -OCH3 is 3. The molecule has 0 bridgehead atoms. The lowest BCUT2D eigenvalue weighted by molar-refractivity contribution is -0.185. The molecule has 2 heterocycles. The summed E-state index contributed by atoms with van der Waals surface area (Å²) >= 11 is 0. The molecule has 0 radical (unpaired) electrons. The first-order chi connectivity index (χ1) is 13.1. The second-order valence-electron chi connectivity index (χ2n) is 6.66. The second kappa shape index (κ2) is 8.77. The van der Waals surface area contributed by atoms with E-state index in [4.69, 9.17) is 23.7 Å². The van der Waals surface area contributed by atoms with Crippen LogP contribution in [0.1, 0.15) is 19.3 Å². The molecule has 0 atom stereocenters. The van der Waals surface area contributed by atoms with Crippen LogP contribution in [0, 0.1) is 0 Å². The normalized spacial score (nSPS) is 19.1. The van der Waals surface area contributed by atoms with Crippen LogP contribution >= 0.6 is 0 Å². The van der Waals surface area contributed by atoms with E-state index < -0.39 is 0 Å². The largest absolute Gasteiger partial charge is 0.493 e. The van der Waals surface area contributed by atoms with Gasteiger partial charge in [-0.15, -0.1) is 0 Å². The van der Waals surface area contributed by atoms with Crippen molar-refractivity contribution in [2.45, 2.75) is 25.0 Å². The zero-order valence-corrected chi connectivity index (χ0v) is 16.2. The molecule has 2 aliphatic rings. The highest BCUT2D eigenvalue weighted by Crippen LogP contribution is 2.40. The van der Waals surface area contributed by atoms with E-state index in [1.54, 1.807) is 33.5 Å². The van der Waals surface area contributed by atoms with Crippen LogP contribution in [0.5, 0.6) is 17.2 Å². The lowest BCUT2D eigenvalue weighted by atomic mass is 10.0. The first kappa shape index (κ1) is 19.7. The Kier molecular flexibility index (Phi) is 6.41. The number of benzene rings is 1. The van der Waals surface area contributed by atoms with Gasteiger partial charge in [-0.1, -0.05) is 0 Å². The molecule has 8 heteroatoms. The van der Waals surface area contributed by atoms with Gasteiger partial charge in [0.15, 0.2) is 17.3 Å². The first-order valence-electron chi connectivity index (χ1n) is 9.19. The van der Waals surface area contributed by atoms with Gasteiger partial charge >= 0.3 is 0 Å². The number of carbonyl (C=O) groups is 1. The van der Waals surface area contributed by atoms with Crippen LogP contribution in [-0.4, -0.2) is 70.8 Å². The Labute approximate surface area is 159 Å². The van der Waals surface area contributed by atoms with Crippen LogP contribution in [-0.2, 0) is 14.3 Å². The SMILES string of the molecule is COc1cc(NC(=O)CCN2CCC3(CC2)OCCO3)cc(OC)c1OC. The lowest BCUT2D eigenvalue weighted by Crippen LogP contribution is -2.45. The number of hydrogen-bond donors (Lipinski definition) is 1. The fourth-order valence-corrected chi connectivity index (χ4v) is 3.54. The van der Waals surface area contributed by atoms with Crippen LogP contribution in [0.15, 0.2) is 12.1 Å². The van der Waals surface area contributed by atoms with Crippen LogP contribution in [0.4, 0.5) is 5.69 Å². The number of piperidine rings is 1. The van der Waals surface area contributed by atoms with E-state index >= 15 is 0 Å². The van der Waals surface area contributed by atoms with Crippen molar-refractivity contribution in [3.63, 3.8) is 0 Å². The average molecular weight is 380 g/mol. The Morgan fingerprint density at radius 3 is 2.19 bits per heavy atom. The van der Waals surface area contributed by atoms with Crippen molar-refractivity contribution < 1.29 is 28.5 Å². The molecular formula is C19H28N2O6. The second-order valence-corrected chi connectivity index (χ2v) is 6.66. The zero-order chi connectivity index (χ0) is 19.3. The third-order valence-electron chi connectivity index (χ3n) is 5.03. The number of likely N-dealkylation sites (tertiary alicyclic amines) is 1. The highest BCUT2D eigenvalue weighted by atomic mass is 16.7. The Balaban J connectivity index is 1.51. The standard InChI is InChI=1S/C19H28N2O6/c1-23-15-12-14(13-16(24-2)18(15)25-3)20-17(22)4-7-21-8-5-19(6-9-21)26-10-11-27-19/h12-13H,4-11H2,1-3H3,(H,20,22). The maximum atomic E-state index is 12.4. The number of hydrogen-bond acceptors (Lipinski definition) is 7. The van der Waals surface area contributed by atoms with E-state index in [9.17, 15) is 4.79 Å². The molecule has 2 saturated heterocycles. The lowest BCUT2D eigenvalue weighted by Gasteiger charge is -2.37. The van der Waals surface area contributed by atoms with Gasteiger partial charge < -0.3 is 33.9 Å². The smallest absolute Gasteiger partial charge is 0.225 e. The third kappa shape index (κ3) is 4.63. The number of ether oxygens (including phenoxy) is 5. The number of amides is 1. The number of nitrogens with one attached hydrogen (secondary N) is 1. The summed E-state index contributed by atoms with van der Waals surface area (Å²) in [4.78, 5) is 14.6. The van der Waals surface area contributed by atoms with Crippen molar-refractivity contribution in [3.8, 4) is 17.2 Å². The van der Waals surface area contributed by atoms with Gasteiger partial charge in [-0.2, -0.15) is 0 Å². The minimum atomic E-state index is -0.380. The fourth-order valence-electron chi connectivity index (χ4n) is 3.54. The van der Waals surface area contributed by atoms with Crippen LogP contribution < -0.4 is 19.5 Å². The highest BCUT2D eigenvalue weighted by Gasteiger charge is 2.39. The fraction of sp³-hybridized carbons (Fsp3) is 0.632. The Morgan fingerprint density at radius 1 is 1.07 bits per heavy atom. The summed E-state index contributed by atoms with van der Waals surface area (Å²) in [7, 11) is 4.64. The van der Waals surface area contributed by atoms with Gasteiger partial charge in [0.05, 0.1) is 34.5 Å². The average Bonchev–Trinajstić information content (AvgIpc) is 3.14. The minimum Gasteiger partial charge on any atom is -0.493 e. The zero-order valence-electron chi connectivity index (χ0n) is 16.2. The molecular weight excluding hydrogens is 352 g/mol. The summed E-state index contributed by atoms with van der Waals surface area (Å²) in [5, 5.41) is 2.90. The van der Waals surface area contributed by atoms with Crippen molar-refractivity contribution >= 4 is 11.6 Å². The molecule has 150 valence electrons. The van der Waals surface area contributed by atoms with Crippen molar-refractivity contribution in [3.05, 3.63) is 12.1 Å². The molecule has 0 aromatic heterocycles. The summed E-state index contributed by atoms with van der Waals surface area (Å²) in [6.45, 7) is 3.80. The van der Waals surface area contributed by atoms with E-state index in [2.05, 4.69) is 10.2 Å². The van der Waals surface area contributed by atoms with Crippen molar-refractivity contribution in [2.24, 2.45) is 0 Å². The number of carbonyl (C=O) groups excluding carboxylic acids is 1. The number of nitrogens with zero attached hydrogens (tertiary/aromatic N) is 1. The molecule has 1 N–H and O–H groups in total. The highest BCUT2D eigenvalue weighted by molar-refractivity contribution is 5.91. The van der Waals surface area contributed by atoms with Crippen LogP contribution in [0.25, 0.3) is 0 Å². The predicted octanol–water partition coefficient (Wildman–Crippen LogP) is 1.88. The van der Waals surface area contributed by atoms with Gasteiger partial charge in [-0.05, 0) is 0 Å². The molecule has 27 heavy (non-hydrogen) atoms. The topological polar surface area (TPSA) is 78.5 Å². The van der Waals surface area contributed by atoms with Gasteiger partial charge in [0.1, 0.15) is 0 Å². The van der Waals surface area contributed by atoms with Gasteiger partial charge in [0, 0.05) is 56.7 Å². The monoisotopic (exact) mass is 380 g/mol. The van der Waals surface area contributed by atoms with E-state index in [1.807, 2.05) is 0 Å². The maximum Gasteiger partial charge on any atom is 0.225 e. The first-order valence-corrected chi connectivity index (χ1v) is 9.19. The van der Waals surface area contributed by atoms with Crippen LogP contribution in [0.2, 0.25) is 0 Å². The molecule has 1 aromatic carbocycles. The Bertz CT molecular complexity index is 625. The predicted molar refractivity (Wildman–Crippen MR) is 99.7 cm³/mol. The number of rotatable bonds is 7. The summed E-state index contributed by atoms with van der Waals surface area (Å²) in [6.07, 6.45) is 2.11. The van der Waals surface area contributed by atoms with Gasteiger partial charge in [0.2, 0.25) is 11.7 Å². The molecule has 0 unspecified atom stereocenters. The van der Waals surface area contributed by atoms with Crippen LogP contribution in [0.3, 0.4) is 0 Å². The summed E-state index contributed by atoms with van der Waals surface area (Å²) in [5.41, 5.74) is 0.611. The molecule has 0 saturated carbocycles. The van der Waals surface area contributed by atoms with E-state index in [0.29, 0.717) is 49.1 Å². The summed E-state index contributed by atoms with van der Waals surface area (Å²) in [6, 6.07) is 3.44. The quantitative estimate of drug-likeness (QED) is 0.774. The van der Waals surface area contributed by atoms with Crippen molar-refractivity contribution in [1.82, 2.24) is 4.90 Å². The van der Waals surface area contributed by atoms with E-state index in [1.165, 1.54) is 0 Å². The Hall–Kier alpha value is -2.03. The van der Waals surface area contributed by atoms with E-state index in [-0.39, 0.29) is 11.7 Å². The Morgan fingerprint density at radius 2 is 1.67 bits per heavy atom. The number of anilines is 1. The van der Waals surface area contributed by atoms with E-state index in [0.717, 1.165) is 25.9 Å². The molecule has 3 rings (SSSR count). The molecule has 1 aromatic rings.